The molecule has 2 N–H and O–H groups in total. The fourth-order valence-corrected chi connectivity index (χ4v) is 4.37. The van der Waals surface area contributed by atoms with Gasteiger partial charge in [0.1, 0.15) is 11.4 Å². The molecule has 1 unspecified atom stereocenters. The van der Waals surface area contributed by atoms with Crippen LogP contribution < -0.4 is 10.6 Å². The molecule has 8 heteroatoms. The summed E-state index contributed by atoms with van der Waals surface area (Å²) >= 11 is 0. The van der Waals surface area contributed by atoms with E-state index in [9.17, 15) is 22.4 Å². The van der Waals surface area contributed by atoms with Gasteiger partial charge in [-0.2, -0.15) is 13.2 Å². The lowest BCUT2D eigenvalue weighted by atomic mass is 9.79. The normalized spacial score (nSPS) is 13.0. The fourth-order valence-electron chi connectivity index (χ4n) is 4.37. The van der Waals surface area contributed by atoms with E-state index >= 15 is 0 Å². The summed E-state index contributed by atoms with van der Waals surface area (Å²) in [6, 6.07) is 22.2. The largest absolute Gasteiger partial charge is 0.416 e. The van der Waals surface area contributed by atoms with Gasteiger partial charge in [-0.05, 0) is 73.0 Å². The van der Waals surface area contributed by atoms with Crippen LogP contribution in [0.25, 0.3) is 0 Å². The molecular formula is C29H25F4N3O. The Hall–Kier alpha value is -4.20. The molecule has 2 amide bonds. The van der Waals surface area contributed by atoms with E-state index in [1.807, 2.05) is 43.3 Å². The number of carbonyl (C=O) groups is 1. The third-order valence-corrected chi connectivity index (χ3v) is 5.94. The third kappa shape index (κ3) is 6.14. The Bertz CT molecular complexity index is 1390. The van der Waals surface area contributed by atoms with Crippen LogP contribution in [0.2, 0.25) is 0 Å². The molecule has 190 valence electrons. The van der Waals surface area contributed by atoms with Crippen molar-refractivity contribution in [1.29, 1.82) is 0 Å². The van der Waals surface area contributed by atoms with Crippen LogP contribution in [-0.2, 0) is 18.1 Å². The van der Waals surface area contributed by atoms with Gasteiger partial charge in [-0.15, -0.1) is 0 Å². The van der Waals surface area contributed by atoms with Crippen molar-refractivity contribution in [3.8, 4) is 0 Å². The van der Waals surface area contributed by atoms with Gasteiger partial charge in [-0.25, -0.2) is 9.18 Å². The number of nitrogens with one attached hydrogen (secondary N) is 2. The zero-order valence-electron chi connectivity index (χ0n) is 20.2. The molecule has 4 nitrogen and oxygen atoms in total. The molecule has 0 spiro atoms. The van der Waals surface area contributed by atoms with Crippen LogP contribution in [0.15, 0.2) is 91.0 Å². The number of pyridine rings is 1. The van der Waals surface area contributed by atoms with Crippen LogP contribution >= 0.6 is 0 Å². The smallest absolute Gasteiger partial charge is 0.322 e. The minimum Gasteiger partial charge on any atom is -0.322 e. The lowest BCUT2D eigenvalue weighted by Gasteiger charge is -2.36. The van der Waals surface area contributed by atoms with Gasteiger partial charge in [-0.3, -0.25) is 4.98 Å². The summed E-state index contributed by atoms with van der Waals surface area (Å²) in [5.74, 6) is -0.540. The second-order valence-corrected chi connectivity index (χ2v) is 8.91. The molecule has 3 aromatic carbocycles. The quantitative estimate of drug-likeness (QED) is 0.272. The van der Waals surface area contributed by atoms with E-state index in [0.717, 1.165) is 29.3 Å². The van der Waals surface area contributed by atoms with Crippen molar-refractivity contribution < 1.29 is 22.4 Å². The molecule has 0 bridgehead atoms. The SMILES string of the molecule is Cc1cc(C)nc(C(Cc2ccccc2)(NC(=O)Nc2cccc(F)c2)c2cccc(C(F)(F)F)c2)c1. The Balaban J connectivity index is 1.91. The number of carbonyl (C=O) groups excluding carboxylic acids is 1. The molecule has 1 aromatic heterocycles. The van der Waals surface area contributed by atoms with Crippen LogP contribution in [0.4, 0.5) is 28.0 Å². The number of aryl methyl sites for hydroxylation is 2. The summed E-state index contributed by atoms with van der Waals surface area (Å²) < 4.78 is 55.0. The minimum absolute atomic E-state index is 0.113. The van der Waals surface area contributed by atoms with Crippen molar-refractivity contribution in [2.45, 2.75) is 32.0 Å². The maximum Gasteiger partial charge on any atom is 0.416 e. The van der Waals surface area contributed by atoms with Crippen molar-refractivity contribution in [2.75, 3.05) is 5.32 Å². The zero-order valence-corrected chi connectivity index (χ0v) is 20.2. The summed E-state index contributed by atoms with van der Waals surface area (Å²) in [5, 5.41) is 5.51. The minimum atomic E-state index is -4.59. The summed E-state index contributed by atoms with van der Waals surface area (Å²) in [4.78, 5) is 18.0. The van der Waals surface area contributed by atoms with Gasteiger partial charge in [0.2, 0.25) is 0 Å². The van der Waals surface area contributed by atoms with Crippen LogP contribution in [0, 0.1) is 19.7 Å². The first-order valence-electron chi connectivity index (χ1n) is 11.6. The van der Waals surface area contributed by atoms with Gasteiger partial charge in [0.05, 0.1) is 11.3 Å². The van der Waals surface area contributed by atoms with Crippen molar-refractivity contribution in [2.24, 2.45) is 0 Å². The number of alkyl halides is 3. The number of aromatic nitrogens is 1. The van der Waals surface area contributed by atoms with Gasteiger partial charge < -0.3 is 10.6 Å². The summed E-state index contributed by atoms with van der Waals surface area (Å²) in [6.07, 6.45) is -4.48. The van der Waals surface area contributed by atoms with Crippen molar-refractivity contribution in [1.82, 2.24) is 10.3 Å². The number of hydrogen-bond acceptors (Lipinski definition) is 2. The lowest BCUT2D eigenvalue weighted by Crippen LogP contribution is -2.51. The Labute approximate surface area is 212 Å². The Morgan fingerprint density at radius 3 is 2.22 bits per heavy atom. The molecule has 0 aliphatic rings. The molecule has 4 aromatic rings. The standard InChI is InChI=1S/C29H25F4N3O/c1-19-14-20(2)34-26(15-19)28(18-21-8-4-3-5-9-21,22-10-6-11-23(16-22)29(31,32)33)36-27(37)35-25-13-7-12-24(30)17-25/h3-17H,18H2,1-2H3,(H2,35,36,37). The molecule has 0 aliphatic carbocycles. The number of halogens is 4. The van der Waals surface area contributed by atoms with Crippen molar-refractivity contribution in [3.63, 3.8) is 0 Å². The summed E-state index contributed by atoms with van der Waals surface area (Å²) in [7, 11) is 0. The highest BCUT2D eigenvalue weighted by Gasteiger charge is 2.40. The maximum atomic E-state index is 13.8. The van der Waals surface area contributed by atoms with E-state index in [-0.39, 0.29) is 17.7 Å². The average molecular weight is 508 g/mol. The van der Waals surface area contributed by atoms with Crippen LogP contribution in [-0.4, -0.2) is 11.0 Å². The second kappa shape index (κ2) is 10.4. The van der Waals surface area contributed by atoms with Crippen molar-refractivity contribution >= 4 is 11.7 Å². The zero-order chi connectivity index (χ0) is 26.6. The van der Waals surface area contributed by atoms with Gasteiger partial charge in [0.15, 0.2) is 0 Å². The van der Waals surface area contributed by atoms with E-state index < -0.39 is 29.1 Å². The van der Waals surface area contributed by atoms with Crippen molar-refractivity contribution in [3.05, 3.63) is 130 Å². The van der Waals surface area contributed by atoms with E-state index in [1.54, 1.807) is 19.1 Å². The van der Waals surface area contributed by atoms with E-state index in [2.05, 4.69) is 15.6 Å². The highest BCUT2D eigenvalue weighted by Crippen LogP contribution is 2.37. The monoisotopic (exact) mass is 507 g/mol. The maximum absolute atomic E-state index is 13.8. The first-order chi connectivity index (χ1) is 17.5. The highest BCUT2D eigenvalue weighted by atomic mass is 19.4. The number of rotatable bonds is 6. The molecule has 0 saturated heterocycles. The average Bonchev–Trinajstić information content (AvgIpc) is 2.83. The Morgan fingerprint density at radius 1 is 0.838 bits per heavy atom. The van der Waals surface area contributed by atoms with Crippen LogP contribution in [0.5, 0.6) is 0 Å². The van der Waals surface area contributed by atoms with Crippen LogP contribution in [0.3, 0.4) is 0 Å². The topological polar surface area (TPSA) is 54.0 Å². The van der Waals surface area contributed by atoms with Gasteiger partial charge in [-0.1, -0.05) is 48.5 Å². The molecular weight excluding hydrogens is 482 g/mol. The number of anilines is 1. The summed E-state index contributed by atoms with van der Waals surface area (Å²) in [5.41, 5.74) is 0.692. The highest BCUT2D eigenvalue weighted by molar-refractivity contribution is 5.90. The van der Waals surface area contributed by atoms with E-state index in [1.165, 1.54) is 24.3 Å². The molecule has 0 saturated carbocycles. The third-order valence-electron chi connectivity index (χ3n) is 5.94. The number of nitrogens with zero attached hydrogens (tertiary/aromatic N) is 1. The molecule has 4 rings (SSSR count). The molecule has 37 heavy (non-hydrogen) atoms. The lowest BCUT2D eigenvalue weighted by molar-refractivity contribution is -0.137. The number of hydrogen-bond donors (Lipinski definition) is 2. The number of benzene rings is 3. The first kappa shape index (κ1) is 25.9. The number of amides is 2. The molecule has 1 heterocycles. The Morgan fingerprint density at radius 2 is 1.54 bits per heavy atom. The number of urea groups is 1. The predicted octanol–water partition coefficient (Wildman–Crippen LogP) is 7.16. The first-order valence-corrected chi connectivity index (χ1v) is 11.6. The van der Waals surface area contributed by atoms with Gasteiger partial charge in [0.25, 0.3) is 0 Å². The van der Waals surface area contributed by atoms with Gasteiger partial charge >= 0.3 is 12.2 Å². The predicted molar refractivity (Wildman–Crippen MR) is 135 cm³/mol. The summed E-state index contributed by atoms with van der Waals surface area (Å²) in [6.45, 7) is 3.63. The fraction of sp³-hybridized carbons (Fsp3) is 0.172. The van der Waals surface area contributed by atoms with E-state index in [0.29, 0.717) is 11.4 Å². The molecule has 0 radical (unpaired) electrons. The molecule has 0 aliphatic heterocycles. The molecule has 0 fully saturated rings. The van der Waals surface area contributed by atoms with Crippen LogP contribution in [0.1, 0.15) is 33.6 Å². The second-order valence-electron chi connectivity index (χ2n) is 8.91. The van der Waals surface area contributed by atoms with Gasteiger partial charge in [0, 0.05) is 17.8 Å². The molecule has 1 atom stereocenters. The Kier molecular flexibility index (Phi) is 7.29. The van der Waals surface area contributed by atoms with E-state index in [4.69, 9.17) is 0 Å².